The minimum Gasteiger partial charge on any atom is -0.483 e. The fourth-order valence-corrected chi connectivity index (χ4v) is 0.562. The molecule has 0 saturated carbocycles. The van der Waals surface area contributed by atoms with Crippen LogP contribution in [0.5, 0.6) is 0 Å². The smallest absolute Gasteiger partial charge is 0.218 e. The topological polar surface area (TPSA) is 30.8 Å². The molecule has 0 fully saturated rings. The van der Waals surface area contributed by atoms with Crippen LogP contribution < -0.4 is 0 Å². The summed E-state index contributed by atoms with van der Waals surface area (Å²) in [6, 6.07) is 0. The number of ether oxygens (including phenoxy) is 2. The predicted octanol–water partition coefficient (Wildman–Crippen LogP) is 2.12. The van der Waals surface area contributed by atoms with Crippen molar-refractivity contribution in [3.63, 3.8) is 0 Å². The first-order valence-electron chi connectivity index (χ1n) is 3.77. The fraction of sp³-hybridized carbons (Fsp3) is 0.444. The second kappa shape index (κ2) is 6.46. The van der Waals surface area contributed by atoms with Gasteiger partial charge in [-0.25, -0.2) is 0 Å². The van der Waals surface area contributed by atoms with E-state index >= 15 is 0 Å². The lowest BCUT2D eigenvalue weighted by Gasteiger charge is -2.01. The van der Waals surface area contributed by atoms with E-state index in [0.29, 0.717) is 12.5 Å². The second-order valence-corrected chi connectivity index (χ2v) is 2.09. The third kappa shape index (κ3) is 3.81. The molecule has 0 aromatic carbocycles. The molecular formula is C9H15NO2. The van der Waals surface area contributed by atoms with Crippen molar-refractivity contribution >= 4 is 6.40 Å². The Balaban J connectivity index is 4.26. The molecule has 0 aromatic heterocycles. The molecule has 3 nitrogen and oxygen atoms in total. The van der Waals surface area contributed by atoms with Gasteiger partial charge in [-0.2, -0.15) is 4.99 Å². The predicted molar refractivity (Wildman–Crippen MR) is 50.0 cm³/mol. The van der Waals surface area contributed by atoms with Gasteiger partial charge in [-0.1, -0.05) is 12.7 Å². The molecule has 12 heavy (non-hydrogen) atoms. The zero-order valence-electron chi connectivity index (χ0n) is 7.83. The third-order valence-electron chi connectivity index (χ3n) is 1.25. The summed E-state index contributed by atoms with van der Waals surface area (Å²) in [6.45, 7) is 7.97. The van der Waals surface area contributed by atoms with E-state index in [0.717, 1.165) is 5.57 Å². The first-order chi connectivity index (χ1) is 5.76. The highest BCUT2D eigenvalue weighted by Gasteiger charge is 1.94. The van der Waals surface area contributed by atoms with Crippen molar-refractivity contribution in [1.82, 2.24) is 0 Å². The maximum atomic E-state index is 4.98. The highest BCUT2D eigenvalue weighted by molar-refractivity contribution is 5.48. The second-order valence-electron chi connectivity index (χ2n) is 2.09. The number of nitrogens with zero attached hydrogens (tertiary/aromatic N) is 1. The first kappa shape index (κ1) is 10.8. The first-order valence-corrected chi connectivity index (χ1v) is 3.77. The van der Waals surface area contributed by atoms with E-state index in [9.17, 15) is 0 Å². The molecule has 0 aliphatic carbocycles. The van der Waals surface area contributed by atoms with Crippen molar-refractivity contribution < 1.29 is 9.47 Å². The van der Waals surface area contributed by atoms with E-state index in [4.69, 9.17) is 9.47 Å². The molecule has 0 atom stereocenters. The van der Waals surface area contributed by atoms with Crippen molar-refractivity contribution in [2.75, 3.05) is 13.7 Å². The van der Waals surface area contributed by atoms with E-state index in [1.807, 2.05) is 13.8 Å². The van der Waals surface area contributed by atoms with Crippen LogP contribution in [0.2, 0.25) is 0 Å². The molecule has 0 heterocycles. The number of allylic oxidation sites excluding steroid dienone is 2. The van der Waals surface area contributed by atoms with Crippen molar-refractivity contribution in [1.29, 1.82) is 0 Å². The van der Waals surface area contributed by atoms with Gasteiger partial charge in [0.25, 0.3) is 0 Å². The van der Waals surface area contributed by atoms with Crippen LogP contribution >= 0.6 is 0 Å². The van der Waals surface area contributed by atoms with Crippen molar-refractivity contribution in [3.05, 3.63) is 24.1 Å². The maximum Gasteiger partial charge on any atom is 0.218 e. The molecule has 0 radical (unpaired) electrons. The standard InChI is InChI=1S/C9H15NO2/c1-5-8(3)9(11-4)10-7-12-6-2/h5,7H,1,6H2,2-4H3. The quantitative estimate of drug-likeness (QED) is 0.273. The molecule has 0 aromatic rings. The largest absolute Gasteiger partial charge is 0.483 e. The summed E-state index contributed by atoms with van der Waals surface area (Å²) < 4.78 is 9.90. The molecule has 0 aliphatic heterocycles. The van der Waals surface area contributed by atoms with Gasteiger partial charge in [0.15, 0.2) is 6.40 Å². The van der Waals surface area contributed by atoms with Crippen LogP contribution in [0, 0.1) is 0 Å². The minimum atomic E-state index is 0.526. The number of rotatable bonds is 5. The molecule has 0 rings (SSSR count). The van der Waals surface area contributed by atoms with E-state index in [1.165, 1.54) is 6.40 Å². The summed E-state index contributed by atoms with van der Waals surface area (Å²) >= 11 is 0. The Morgan fingerprint density at radius 3 is 2.67 bits per heavy atom. The van der Waals surface area contributed by atoms with Gasteiger partial charge in [0.05, 0.1) is 13.7 Å². The Bertz CT molecular complexity index is 195. The Hall–Kier alpha value is -1.25. The molecule has 0 bridgehead atoms. The molecule has 0 unspecified atom stereocenters. The van der Waals surface area contributed by atoms with Crippen molar-refractivity contribution in [3.8, 4) is 0 Å². The molecular weight excluding hydrogens is 154 g/mol. The Labute approximate surface area is 73.4 Å². The van der Waals surface area contributed by atoms with Gasteiger partial charge in [-0.3, -0.25) is 0 Å². The Morgan fingerprint density at radius 1 is 1.58 bits per heavy atom. The maximum absolute atomic E-state index is 4.98. The number of aliphatic imine (C=N–C) groups is 1. The van der Waals surface area contributed by atoms with Crippen LogP contribution in [0.25, 0.3) is 0 Å². The average Bonchev–Trinajstić information content (AvgIpc) is 2.11. The number of hydrogen-bond donors (Lipinski definition) is 0. The van der Waals surface area contributed by atoms with Gasteiger partial charge < -0.3 is 9.47 Å². The normalized spacial score (nSPS) is 12.6. The Morgan fingerprint density at radius 2 is 2.25 bits per heavy atom. The summed E-state index contributed by atoms with van der Waals surface area (Å²) in [5.74, 6) is 0.526. The molecule has 3 heteroatoms. The lowest BCUT2D eigenvalue weighted by molar-refractivity contribution is 0.279. The van der Waals surface area contributed by atoms with Crippen LogP contribution in [0.4, 0.5) is 0 Å². The van der Waals surface area contributed by atoms with E-state index < -0.39 is 0 Å². The van der Waals surface area contributed by atoms with Crippen molar-refractivity contribution in [2.24, 2.45) is 4.99 Å². The Kier molecular flexibility index (Phi) is 5.79. The monoisotopic (exact) mass is 169 g/mol. The van der Waals surface area contributed by atoms with E-state index in [-0.39, 0.29) is 0 Å². The van der Waals surface area contributed by atoms with Gasteiger partial charge in [0.2, 0.25) is 5.88 Å². The average molecular weight is 169 g/mol. The van der Waals surface area contributed by atoms with Crippen LogP contribution in [0.15, 0.2) is 29.1 Å². The van der Waals surface area contributed by atoms with Crippen LogP contribution in [0.3, 0.4) is 0 Å². The highest BCUT2D eigenvalue weighted by Crippen LogP contribution is 2.06. The molecule has 0 saturated heterocycles. The van der Waals surface area contributed by atoms with Gasteiger partial charge >= 0.3 is 0 Å². The molecule has 0 amide bonds. The summed E-state index contributed by atoms with van der Waals surface area (Å²) in [5, 5.41) is 0. The molecule has 0 aliphatic rings. The van der Waals surface area contributed by atoms with Crippen LogP contribution in [-0.4, -0.2) is 20.1 Å². The van der Waals surface area contributed by atoms with Gasteiger partial charge in [0, 0.05) is 5.57 Å². The zero-order valence-corrected chi connectivity index (χ0v) is 7.83. The summed E-state index contributed by atoms with van der Waals surface area (Å²) in [4.78, 5) is 3.94. The minimum absolute atomic E-state index is 0.526. The molecule has 0 spiro atoms. The molecule has 0 N–H and O–H groups in total. The van der Waals surface area contributed by atoms with Gasteiger partial charge in [-0.05, 0) is 13.8 Å². The van der Waals surface area contributed by atoms with Gasteiger partial charge in [-0.15, -0.1) is 0 Å². The molecule has 68 valence electrons. The summed E-state index contributed by atoms with van der Waals surface area (Å²) in [7, 11) is 1.56. The highest BCUT2D eigenvalue weighted by atomic mass is 16.5. The number of methoxy groups -OCH3 is 1. The lowest BCUT2D eigenvalue weighted by Crippen LogP contribution is -1.90. The van der Waals surface area contributed by atoms with Crippen LogP contribution in [0.1, 0.15) is 13.8 Å². The van der Waals surface area contributed by atoms with E-state index in [2.05, 4.69) is 11.6 Å². The lowest BCUT2D eigenvalue weighted by atomic mass is 10.3. The zero-order chi connectivity index (χ0) is 9.40. The third-order valence-corrected chi connectivity index (χ3v) is 1.25. The van der Waals surface area contributed by atoms with E-state index in [1.54, 1.807) is 13.2 Å². The van der Waals surface area contributed by atoms with Crippen molar-refractivity contribution in [2.45, 2.75) is 13.8 Å². The summed E-state index contributed by atoms with van der Waals surface area (Å²) in [5.41, 5.74) is 0.883. The van der Waals surface area contributed by atoms with Crippen LogP contribution in [-0.2, 0) is 9.47 Å². The van der Waals surface area contributed by atoms with Gasteiger partial charge in [0.1, 0.15) is 0 Å². The SMILES string of the molecule is C=CC(C)=C(N=COCC)OC. The fourth-order valence-electron chi connectivity index (χ4n) is 0.562. The number of hydrogen-bond acceptors (Lipinski definition) is 3. The summed E-state index contributed by atoms with van der Waals surface area (Å²) in [6.07, 6.45) is 3.05.